The third-order valence-electron chi connectivity index (χ3n) is 6.06. The van der Waals surface area contributed by atoms with Gasteiger partial charge in [0.25, 0.3) is 0 Å². The number of rotatable bonds is 8. The highest BCUT2D eigenvalue weighted by atomic mass is 31.2. The summed E-state index contributed by atoms with van der Waals surface area (Å²) in [4.78, 5) is 4.64. The number of nitrogens with one attached hydrogen (secondary N) is 2. The maximum Gasteiger partial charge on any atom is 0.168 e. The fourth-order valence-electron chi connectivity index (χ4n) is 4.08. The van der Waals surface area contributed by atoms with Gasteiger partial charge in [0, 0.05) is 29.6 Å². The van der Waals surface area contributed by atoms with E-state index in [1.807, 2.05) is 42.5 Å². The molecule has 0 aliphatic rings. The molecule has 38 heavy (non-hydrogen) atoms. The van der Waals surface area contributed by atoms with Crippen molar-refractivity contribution >= 4 is 36.4 Å². The minimum Gasteiger partial charge on any atom is -0.507 e. The van der Waals surface area contributed by atoms with Gasteiger partial charge in [-0.3, -0.25) is 0 Å². The molecule has 0 aliphatic heterocycles. The number of aromatic nitrogens is 3. The van der Waals surface area contributed by atoms with E-state index in [0.717, 1.165) is 22.5 Å². The number of phenols is 1. The first kappa shape index (κ1) is 26.8. The monoisotopic (exact) mass is 527 g/mol. The van der Waals surface area contributed by atoms with Crippen molar-refractivity contribution in [1.29, 1.82) is 0 Å². The van der Waals surface area contributed by atoms with Crippen LogP contribution in [-0.2, 0) is 6.54 Å². The van der Waals surface area contributed by atoms with Crippen molar-refractivity contribution in [3.8, 4) is 17.0 Å². The highest BCUT2D eigenvalue weighted by Crippen LogP contribution is 2.35. The van der Waals surface area contributed by atoms with Crippen molar-refractivity contribution in [2.24, 2.45) is 0 Å². The second-order valence-corrected chi connectivity index (χ2v) is 10.2. The zero-order chi connectivity index (χ0) is 25.9. The second kappa shape index (κ2) is 11.4. The van der Waals surface area contributed by atoms with Gasteiger partial charge in [-0.1, -0.05) is 68.1 Å². The highest BCUT2D eigenvalue weighted by molar-refractivity contribution is 7.60. The van der Waals surface area contributed by atoms with Gasteiger partial charge in [0.1, 0.15) is 19.8 Å². The van der Waals surface area contributed by atoms with Crippen LogP contribution in [0.4, 0.5) is 15.7 Å². The first-order chi connectivity index (χ1) is 17.9. The van der Waals surface area contributed by atoms with Crippen molar-refractivity contribution in [3.63, 3.8) is 0 Å². The van der Waals surface area contributed by atoms with E-state index in [1.54, 1.807) is 22.7 Å². The van der Waals surface area contributed by atoms with E-state index < -0.39 is 8.23 Å². The predicted molar refractivity (Wildman–Crippen MR) is 158 cm³/mol. The Morgan fingerprint density at radius 2 is 1.82 bits per heavy atom. The number of aryl methyl sites for hydroxylation is 1. The first-order valence-electron chi connectivity index (χ1n) is 11.8. The second-order valence-electron chi connectivity index (χ2n) is 8.81. The molecule has 2 heterocycles. The molecule has 0 aliphatic carbocycles. The minimum atomic E-state index is -1.90. The van der Waals surface area contributed by atoms with Crippen molar-refractivity contribution in [2.75, 3.05) is 17.3 Å². The fourth-order valence-corrected chi connectivity index (χ4v) is 4.71. The number of halogens is 1. The van der Waals surface area contributed by atoms with Crippen LogP contribution in [0.25, 0.3) is 22.6 Å². The molecule has 3 aromatic carbocycles. The Bertz CT molecular complexity index is 1580. The molecule has 0 saturated carbocycles. The van der Waals surface area contributed by atoms with Gasteiger partial charge >= 0.3 is 0 Å². The SMILES string of the molecule is C.C=C(Nc1cccc(CNc2cc(-c3ccccc3O)nc3c(P(C)F)cnn23)c1)c1ccc(C)cc1. The third-order valence-corrected chi connectivity index (χ3v) is 7.04. The number of fused-ring (bicyclic) bond motifs is 1. The summed E-state index contributed by atoms with van der Waals surface area (Å²) in [7, 11) is -1.90. The normalized spacial score (nSPS) is 11.6. The average Bonchev–Trinajstić information content (AvgIpc) is 3.33. The van der Waals surface area contributed by atoms with Crippen molar-refractivity contribution < 1.29 is 9.30 Å². The molecule has 5 rings (SSSR count). The van der Waals surface area contributed by atoms with Crippen LogP contribution in [0.15, 0.2) is 91.6 Å². The highest BCUT2D eigenvalue weighted by Gasteiger charge is 2.18. The number of benzene rings is 3. The molecule has 0 radical (unpaired) electrons. The quantitative estimate of drug-likeness (QED) is 0.184. The molecule has 2 aromatic heterocycles. The number of phenolic OH excluding ortho intramolecular Hbond substituents is 1. The number of anilines is 2. The lowest BCUT2D eigenvalue weighted by atomic mass is 10.1. The Hall–Kier alpha value is -4.22. The molecule has 1 unspecified atom stereocenters. The van der Waals surface area contributed by atoms with E-state index in [2.05, 4.69) is 52.4 Å². The summed E-state index contributed by atoms with van der Waals surface area (Å²) in [5, 5.41) is 22.0. The van der Waals surface area contributed by atoms with Crippen molar-refractivity contribution in [2.45, 2.75) is 20.9 Å². The van der Waals surface area contributed by atoms with Gasteiger partial charge in [-0.15, -0.1) is 0 Å². The van der Waals surface area contributed by atoms with Crippen molar-refractivity contribution in [1.82, 2.24) is 14.6 Å². The topological polar surface area (TPSA) is 74.5 Å². The number of aromatic hydroxyl groups is 1. The van der Waals surface area contributed by atoms with Crippen molar-refractivity contribution in [3.05, 3.63) is 108 Å². The van der Waals surface area contributed by atoms with Gasteiger partial charge in [0.2, 0.25) is 0 Å². The predicted octanol–water partition coefficient (Wildman–Crippen LogP) is 7.36. The summed E-state index contributed by atoms with van der Waals surface area (Å²) in [5.41, 5.74) is 6.55. The summed E-state index contributed by atoms with van der Waals surface area (Å²) in [6.45, 7) is 8.25. The molecule has 0 fully saturated rings. The molecule has 0 amide bonds. The Morgan fingerprint density at radius 1 is 1.05 bits per heavy atom. The van der Waals surface area contributed by atoms with Gasteiger partial charge in [0.15, 0.2) is 5.65 Å². The average molecular weight is 528 g/mol. The van der Waals surface area contributed by atoms with Crippen LogP contribution >= 0.6 is 8.23 Å². The molecular weight excluding hydrogens is 496 g/mol. The molecule has 8 heteroatoms. The van der Waals surface area contributed by atoms with E-state index >= 15 is 0 Å². The van der Waals surface area contributed by atoms with Crippen LogP contribution in [-0.4, -0.2) is 26.4 Å². The van der Waals surface area contributed by atoms with Crippen LogP contribution in [0.5, 0.6) is 5.75 Å². The minimum absolute atomic E-state index is 0. The molecule has 0 saturated heterocycles. The maximum absolute atomic E-state index is 14.4. The van der Waals surface area contributed by atoms with E-state index in [1.165, 1.54) is 18.4 Å². The zero-order valence-electron chi connectivity index (χ0n) is 20.6. The number of hydrogen-bond acceptors (Lipinski definition) is 5. The zero-order valence-corrected chi connectivity index (χ0v) is 21.5. The number of hydrogen-bond donors (Lipinski definition) is 3. The van der Waals surface area contributed by atoms with Crippen LogP contribution < -0.4 is 15.9 Å². The molecule has 194 valence electrons. The molecule has 6 nitrogen and oxygen atoms in total. The summed E-state index contributed by atoms with van der Waals surface area (Å²) >= 11 is 0. The molecule has 0 bridgehead atoms. The molecular formula is C30H31FN5OP. The molecule has 3 N–H and O–H groups in total. The molecule has 0 spiro atoms. The fraction of sp³-hybridized carbons (Fsp3) is 0.133. The number of nitrogens with zero attached hydrogens (tertiary/aromatic N) is 3. The maximum atomic E-state index is 14.4. The van der Waals surface area contributed by atoms with Crippen LogP contribution in [0.3, 0.4) is 0 Å². The van der Waals surface area contributed by atoms with Gasteiger partial charge in [-0.2, -0.15) is 9.61 Å². The Labute approximate surface area is 223 Å². The molecule has 5 aromatic rings. The smallest absolute Gasteiger partial charge is 0.168 e. The van der Waals surface area contributed by atoms with Gasteiger partial charge < -0.3 is 15.7 Å². The first-order valence-corrected chi connectivity index (χ1v) is 13.5. The van der Waals surface area contributed by atoms with E-state index in [-0.39, 0.29) is 13.2 Å². The lowest BCUT2D eigenvalue weighted by Crippen LogP contribution is -2.09. The standard InChI is InChI=1S/C29H27FN5OP.CH4/c1-19-11-13-22(14-12-19)20(2)33-23-8-6-7-21(15-23)17-31-28-16-25(24-9-4-5-10-26(24)36)34-29-27(37(3)30)18-32-35(28)29;/h4-16,18,31,33,36H,2,17H2,1,3H3;1H4. The van der Waals surface area contributed by atoms with E-state index in [0.29, 0.717) is 34.6 Å². The van der Waals surface area contributed by atoms with Crippen LogP contribution in [0, 0.1) is 6.92 Å². The Balaban J connectivity index is 0.00000336. The van der Waals surface area contributed by atoms with Gasteiger partial charge in [0.05, 0.1) is 17.2 Å². The van der Waals surface area contributed by atoms with Crippen LogP contribution in [0.1, 0.15) is 24.1 Å². The Morgan fingerprint density at radius 3 is 2.55 bits per heavy atom. The number of para-hydroxylation sites is 1. The third kappa shape index (κ3) is 5.68. The van der Waals surface area contributed by atoms with E-state index in [9.17, 15) is 9.30 Å². The molecule has 1 atom stereocenters. The largest absolute Gasteiger partial charge is 0.507 e. The summed E-state index contributed by atoms with van der Waals surface area (Å²) in [5.74, 6) is 0.756. The summed E-state index contributed by atoms with van der Waals surface area (Å²) in [6, 6.07) is 25.1. The summed E-state index contributed by atoms with van der Waals surface area (Å²) < 4.78 is 16.0. The van der Waals surface area contributed by atoms with Gasteiger partial charge in [-0.25, -0.2) is 9.18 Å². The van der Waals surface area contributed by atoms with Gasteiger partial charge in [-0.05, 0) is 49.0 Å². The summed E-state index contributed by atoms with van der Waals surface area (Å²) in [6.07, 6.45) is 1.52. The lowest BCUT2D eigenvalue weighted by molar-refractivity contribution is 0.477. The van der Waals surface area contributed by atoms with Crippen LogP contribution in [0.2, 0.25) is 0 Å². The lowest BCUT2D eigenvalue weighted by Gasteiger charge is -2.14. The van der Waals surface area contributed by atoms with E-state index in [4.69, 9.17) is 0 Å². The Kier molecular flexibility index (Phi) is 8.08.